The lowest BCUT2D eigenvalue weighted by Crippen LogP contribution is -2.27. The van der Waals surface area contributed by atoms with Gasteiger partial charge in [-0.05, 0) is 53.3 Å². The van der Waals surface area contributed by atoms with Gasteiger partial charge >= 0.3 is 6.55 Å². The van der Waals surface area contributed by atoms with E-state index in [1.807, 2.05) is 18.2 Å². The van der Waals surface area contributed by atoms with E-state index in [-0.39, 0.29) is 11.7 Å². The lowest BCUT2D eigenvalue weighted by Gasteiger charge is -2.17. The highest BCUT2D eigenvalue weighted by Gasteiger charge is 2.31. The second-order valence-electron chi connectivity index (χ2n) is 7.37. The van der Waals surface area contributed by atoms with E-state index in [0.717, 1.165) is 16.7 Å². The largest absolute Gasteiger partial charge is 0.333 e. The molecule has 4 rings (SSSR count). The van der Waals surface area contributed by atoms with Crippen molar-refractivity contribution in [2.75, 3.05) is 19.3 Å². The van der Waals surface area contributed by atoms with Gasteiger partial charge in [0.2, 0.25) is 10.0 Å². The Hall–Kier alpha value is -2.65. The van der Waals surface area contributed by atoms with Crippen LogP contribution in [0.2, 0.25) is 0 Å². The molecule has 2 aromatic carbocycles. The first kappa shape index (κ1) is 20.6. The predicted molar refractivity (Wildman–Crippen MR) is 108 cm³/mol. The van der Waals surface area contributed by atoms with Crippen molar-refractivity contribution in [3.05, 3.63) is 66.1 Å². The number of nitrogens with zero attached hydrogens (tertiary/aromatic N) is 3. The van der Waals surface area contributed by atoms with Crippen molar-refractivity contribution in [2.24, 2.45) is 0 Å². The van der Waals surface area contributed by atoms with Crippen LogP contribution in [0.1, 0.15) is 24.5 Å². The van der Waals surface area contributed by atoms with Gasteiger partial charge in [-0.1, -0.05) is 24.3 Å². The van der Waals surface area contributed by atoms with Gasteiger partial charge < -0.3 is 0 Å². The third-order valence-corrected chi connectivity index (χ3v) is 6.64. The number of aromatic nitrogens is 2. The zero-order valence-corrected chi connectivity index (χ0v) is 17.0. The van der Waals surface area contributed by atoms with E-state index >= 15 is 0 Å². The zero-order chi connectivity index (χ0) is 21.5. The Morgan fingerprint density at radius 2 is 1.77 bits per heavy atom. The molecule has 0 spiro atoms. The number of halogens is 3. The average Bonchev–Trinajstić information content (AvgIpc) is 3.38. The second-order valence-corrected chi connectivity index (χ2v) is 9.36. The summed E-state index contributed by atoms with van der Waals surface area (Å²) in [7, 11) is -3.30. The van der Waals surface area contributed by atoms with Gasteiger partial charge in [0.15, 0.2) is 0 Å². The Balaban J connectivity index is 1.78. The summed E-state index contributed by atoms with van der Waals surface area (Å²) in [5.41, 5.74) is 3.47. The van der Waals surface area contributed by atoms with E-state index in [1.165, 1.54) is 35.0 Å². The number of hydrogen-bond acceptors (Lipinski definition) is 3. The molecule has 9 heteroatoms. The normalized spacial score (nSPS) is 17.7. The van der Waals surface area contributed by atoms with Crippen molar-refractivity contribution < 1.29 is 21.6 Å². The number of benzene rings is 2. The molecule has 1 aromatic heterocycles. The maximum Gasteiger partial charge on any atom is 0.333 e. The molecule has 158 valence electrons. The standard InChI is InChI=1S/C21H20F3N3O2S/c1-30(28,29)26-10-8-16(13-26)18-7-4-15(14-2-5-17(22)6-3-14)12-19(18)20-9-11-27(25-20)21(23)24/h2-7,9,11-12,16,21H,8,10,13H2,1H3. The third-order valence-electron chi connectivity index (χ3n) is 5.37. The maximum atomic E-state index is 13.3. The molecule has 0 radical (unpaired) electrons. The highest BCUT2D eigenvalue weighted by atomic mass is 32.2. The minimum Gasteiger partial charge on any atom is -0.213 e. The minimum atomic E-state index is -3.30. The molecule has 1 saturated heterocycles. The molecule has 1 aliphatic heterocycles. The molecule has 0 bridgehead atoms. The fourth-order valence-electron chi connectivity index (χ4n) is 3.83. The molecule has 1 atom stereocenters. The van der Waals surface area contributed by atoms with Gasteiger partial charge in [-0.25, -0.2) is 21.8 Å². The molecule has 3 aromatic rings. The first-order valence-electron chi connectivity index (χ1n) is 9.41. The van der Waals surface area contributed by atoms with Crippen molar-refractivity contribution in [1.82, 2.24) is 14.1 Å². The monoisotopic (exact) mass is 435 g/mol. The fraction of sp³-hybridized carbons (Fsp3) is 0.286. The van der Waals surface area contributed by atoms with Gasteiger partial charge in [0.1, 0.15) is 5.82 Å². The van der Waals surface area contributed by atoms with Crippen LogP contribution in [-0.2, 0) is 10.0 Å². The summed E-state index contributed by atoms with van der Waals surface area (Å²) in [6, 6.07) is 13.1. The van der Waals surface area contributed by atoms with Crippen molar-refractivity contribution in [1.29, 1.82) is 0 Å². The highest BCUT2D eigenvalue weighted by molar-refractivity contribution is 7.88. The van der Waals surface area contributed by atoms with Crippen molar-refractivity contribution in [3.8, 4) is 22.4 Å². The summed E-state index contributed by atoms with van der Waals surface area (Å²) in [6.07, 6.45) is 3.02. The van der Waals surface area contributed by atoms with Crippen LogP contribution in [0.25, 0.3) is 22.4 Å². The summed E-state index contributed by atoms with van der Waals surface area (Å²) in [5.74, 6) is -0.424. The molecule has 1 fully saturated rings. The molecule has 0 saturated carbocycles. The van der Waals surface area contributed by atoms with Crippen LogP contribution in [0.4, 0.5) is 13.2 Å². The minimum absolute atomic E-state index is 0.0753. The number of hydrogen-bond donors (Lipinski definition) is 0. The van der Waals surface area contributed by atoms with E-state index < -0.39 is 16.6 Å². The SMILES string of the molecule is CS(=O)(=O)N1CCC(c2ccc(-c3ccc(F)cc3)cc2-c2ccn(C(F)F)n2)C1. The van der Waals surface area contributed by atoms with E-state index in [1.54, 1.807) is 12.1 Å². The third kappa shape index (κ3) is 4.13. The summed E-state index contributed by atoms with van der Waals surface area (Å²) >= 11 is 0. The first-order valence-corrected chi connectivity index (χ1v) is 11.3. The van der Waals surface area contributed by atoms with Gasteiger partial charge in [-0.2, -0.15) is 13.9 Å². The van der Waals surface area contributed by atoms with Crippen LogP contribution < -0.4 is 0 Å². The lowest BCUT2D eigenvalue weighted by atomic mass is 9.89. The van der Waals surface area contributed by atoms with Crippen LogP contribution >= 0.6 is 0 Å². The Kier molecular flexibility index (Phi) is 5.42. The predicted octanol–water partition coefficient (Wildman–Crippen LogP) is 4.50. The van der Waals surface area contributed by atoms with Gasteiger partial charge in [-0.15, -0.1) is 0 Å². The molecular formula is C21H20F3N3O2S. The van der Waals surface area contributed by atoms with Gasteiger partial charge in [0.05, 0.1) is 11.9 Å². The molecule has 0 aliphatic carbocycles. The molecule has 2 heterocycles. The van der Waals surface area contributed by atoms with Crippen molar-refractivity contribution in [2.45, 2.75) is 18.9 Å². The lowest BCUT2D eigenvalue weighted by molar-refractivity contribution is 0.0568. The Morgan fingerprint density at radius 1 is 1.07 bits per heavy atom. The topological polar surface area (TPSA) is 55.2 Å². The van der Waals surface area contributed by atoms with E-state index in [9.17, 15) is 21.6 Å². The van der Waals surface area contributed by atoms with Crippen LogP contribution in [0.15, 0.2) is 54.7 Å². The van der Waals surface area contributed by atoms with Crippen LogP contribution in [0.3, 0.4) is 0 Å². The number of rotatable bonds is 5. The van der Waals surface area contributed by atoms with Crippen LogP contribution in [-0.4, -0.2) is 41.8 Å². The summed E-state index contributed by atoms with van der Waals surface area (Å²) in [6.45, 7) is -2.01. The quantitative estimate of drug-likeness (QED) is 0.593. The summed E-state index contributed by atoms with van der Waals surface area (Å²) in [4.78, 5) is 0. The average molecular weight is 435 g/mol. The smallest absolute Gasteiger partial charge is 0.213 e. The highest BCUT2D eigenvalue weighted by Crippen LogP contribution is 2.37. The molecule has 1 unspecified atom stereocenters. The summed E-state index contributed by atoms with van der Waals surface area (Å²) in [5, 5.41) is 4.00. The molecule has 5 nitrogen and oxygen atoms in total. The fourth-order valence-corrected chi connectivity index (χ4v) is 4.72. The van der Waals surface area contributed by atoms with Gasteiger partial charge in [0.25, 0.3) is 0 Å². The van der Waals surface area contributed by atoms with Gasteiger partial charge in [0, 0.05) is 24.8 Å². The van der Waals surface area contributed by atoms with Crippen molar-refractivity contribution >= 4 is 10.0 Å². The molecule has 0 N–H and O–H groups in total. The second kappa shape index (κ2) is 7.88. The van der Waals surface area contributed by atoms with Crippen LogP contribution in [0.5, 0.6) is 0 Å². The number of alkyl halides is 2. The number of sulfonamides is 1. The van der Waals surface area contributed by atoms with E-state index in [2.05, 4.69) is 5.10 Å². The molecule has 1 aliphatic rings. The van der Waals surface area contributed by atoms with Crippen molar-refractivity contribution in [3.63, 3.8) is 0 Å². The van der Waals surface area contributed by atoms with Crippen LogP contribution in [0, 0.1) is 5.82 Å². The van der Waals surface area contributed by atoms with Gasteiger partial charge in [-0.3, -0.25) is 0 Å². The Morgan fingerprint density at radius 3 is 2.37 bits per heavy atom. The molecule has 0 amide bonds. The van der Waals surface area contributed by atoms with E-state index in [0.29, 0.717) is 35.4 Å². The maximum absolute atomic E-state index is 13.3. The Bertz CT molecular complexity index is 1160. The zero-order valence-electron chi connectivity index (χ0n) is 16.2. The van der Waals surface area contributed by atoms with E-state index in [4.69, 9.17) is 0 Å². The molecule has 30 heavy (non-hydrogen) atoms. The molecular weight excluding hydrogens is 415 g/mol. The first-order chi connectivity index (χ1) is 14.2. The Labute approximate surface area is 172 Å². The summed E-state index contributed by atoms with van der Waals surface area (Å²) < 4.78 is 65.2.